The molecule has 0 aliphatic carbocycles. The van der Waals surface area contributed by atoms with Crippen LogP contribution in [-0.4, -0.2) is 85.1 Å². The summed E-state index contributed by atoms with van der Waals surface area (Å²) in [7, 11) is 0. The Bertz CT molecular complexity index is 801. The lowest BCUT2D eigenvalue weighted by Gasteiger charge is -2.23. The Labute approximate surface area is 266 Å². The van der Waals surface area contributed by atoms with Crippen LogP contribution in [0.2, 0.25) is 0 Å². The van der Waals surface area contributed by atoms with Crippen LogP contribution in [-0.2, 0) is 14.3 Å². The van der Waals surface area contributed by atoms with Crippen molar-refractivity contribution < 1.29 is 44.9 Å². The third-order valence-electron chi connectivity index (χ3n) is 9.19. The smallest absolute Gasteiger partial charge is 0.336 e. The highest BCUT2D eigenvalue weighted by Crippen LogP contribution is 2.29. The molecule has 8 atom stereocenters. The zero-order chi connectivity index (χ0) is 32.4. The molecule has 44 heavy (non-hydrogen) atoms. The van der Waals surface area contributed by atoms with E-state index in [9.17, 15) is 35.4 Å². The molecule has 0 aromatic carbocycles. The maximum atomic E-state index is 11.7. The SMILES string of the molecule is CCCCCCCCCCCCC(O)C(O)CC[C@H](O)[C@@H]1CC[C@@H](C[C@H](O)CCCCC[C@@H](O)CC2=CC(C)(O)OC2=O)O1. The average Bonchev–Trinajstić information content (AvgIpc) is 3.54. The van der Waals surface area contributed by atoms with Crippen molar-refractivity contribution in [2.75, 3.05) is 0 Å². The number of carbonyl (C=O) groups is 1. The molecule has 0 saturated carbocycles. The standard InChI is InChI=1S/C35H64O9/c1-3-4-5-6-7-8-9-10-11-15-18-30(38)31(39)20-21-32(40)33-22-19-29(43-33)24-28(37)17-14-12-13-16-27(36)23-26-25-35(2,42)44-34(26)41/h25,27-33,36-40,42H,3-24H2,1-2H3/t27-,28-,29+,30?,31?,32+,33+,35?/m1/s1. The van der Waals surface area contributed by atoms with Crippen LogP contribution in [0, 0.1) is 0 Å². The second kappa shape index (κ2) is 21.7. The monoisotopic (exact) mass is 628 g/mol. The summed E-state index contributed by atoms with van der Waals surface area (Å²) >= 11 is 0. The van der Waals surface area contributed by atoms with Gasteiger partial charge < -0.3 is 40.1 Å². The molecule has 1 fully saturated rings. The van der Waals surface area contributed by atoms with Gasteiger partial charge in [0.2, 0.25) is 5.79 Å². The van der Waals surface area contributed by atoms with Gasteiger partial charge in [-0.15, -0.1) is 0 Å². The first-order valence-corrected chi connectivity index (χ1v) is 17.7. The van der Waals surface area contributed by atoms with Gasteiger partial charge in [-0.25, -0.2) is 4.79 Å². The largest absolute Gasteiger partial charge is 0.426 e. The van der Waals surface area contributed by atoms with Crippen molar-refractivity contribution in [1.29, 1.82) is 0 Å². The lowest BCUT2D eigenvalue weighted by Crippen LogP contribution is -2.31. The van der Waals surface area contributed by atoms with Gasteiger partial charge in [0.15, 0.2) is 0 Å². The van der Waals surface area contributed by atoms with Gasteiger partial charge in [0, 0.05) is 18.9 Å². The van der Waals surface area contributed by atoms with Crippen LogP contribution < -0.4 is 0 Å². The Morgan fingerprint density at radius 3 is 1.91 bits per heavy atom. The first-order valence-electron chi connectivity index (χ1n) is 17.7. The van der Waals surface area contributed by atoms with E-state index in [2.05, 4.69) is 6.92 Å². The van der Waals surface area contributed by atoms with Gasteiger partial charge in [-0.05, 0) is 57.4 Å². The van der Waals surface area contributed by atoms with E-state index in [-0.39, 0.29) is 18.6 Å². The molecule has 2 heterocycles. The molecule has 2 aliphatic heterocycles. The summed E-state index contributed by atoms with van der Waals surface area (Å²) in [4.78, 5) is 11.7. The van der Waals surface area contributed by atoms with Crippen LogP contribution in [0.15, 0.2) is 11.6 Å². The summed E-state index contributed by atoms with van der Waals surface area (Å²) < 4.78 is 10.8. The van der Waals surface area contributed by atoms with E-state index < -0.39 is 42.3 Å². The molecule has 6 N–H and O–H groups in total. The zero-order valence-electron chi connectivity index (χ0n) is 27.6. The van der Waals surface area contributed by atoms with Crippen LogP contribution in [0.1, 0.15) is 155 Å². The molecule has 9 nitrogen and oxygen atoms in total. The Kier molecular flexibility index (Phi) is 19.3. The first kappa shape index (κ1) is 39.1. The van der Waals surface area contributed by atoms with Crippen molar-refractivity contribution in [3.8, 4) is 0 Å². The number of carbonyl (C=O) groups excluding carboxylic acids is 1. The Morgan fingerprint density at radius 1 is 0.750 bits per heavy atom. The highest BCUT2D eigenvalue weighted by atomic mass is 16.7. The second-order valence-corrected chi connectivity index (χ2v) is 13.6. The van der Waals surface area contributed by atoms with Gasteiger partial charge in [-0.2, -0.15) is 0 Å². The Hall–Kier alpha value is -1.07. The van der Waals surface area contributed by atoms with E-state index in [1.807, 2.05) is 0 Å². The molecule has 258 valence electrons. The van der Waals surface area contributed by atoms with E-state index in [0.717, 1.165) is 38.5 Å². The van der Waals surface area contributed by atoms with Gasteiger partial charge >= 0.3 is 5.97 Å². The van der Waals surface area contributed by atoms with Crippen LogP contribution >= 0.6 is 0 Å². The molecular formula is C35H64O9. The van der Waals surface area contributed by atoms with Gasteiger partial charge in [0.05, 0.1) is 42.7 Å². The normalized spacial score (nSPS) is 25.5. The van der Waals surface area contributed by atoms with Crippen molar-refractivity contribution in [2.24, 2.45) is 0 Å². The molecule has 0 aromatic heterocycles. The molecular weight excluding hydrogens is 564 g/mol. The van der Waals surface area contributed by atoms with Crippen molar-refractivity contribution in [3.63, 3.8) is 0 Å². The van der Waals surface area contributed by atoms with Gasteiger partial charge in [-0.1, -0.05) is 90.4 Å². The fourth-order valence-electron chi connectivity index (χ4n) is 6.46. The number of aliphatic hydroxyl groups excluding tert-OH is 5. The molecule has 9 heteroatoms. The molecule has 2 rings (SSSR count). The maximum Gasteiger partial charge on any atom is 0.336 e. The minimum absolute atomic E-state index is 0.102. The summed E-state index contributed by atoms with van der Waals surface area (Å²) in [6, 6.07) is 0. The number of rotatable bonds is 26. The number of hydrogen-bond acceptors (Lipinski definition) is 9. The highest BCUT2D eigenvalue weighted by Gasteiger charge is 2.34. The highest BCUT2D eigenvalue weighted by molar-refractivity contribution is 5.91. The average molecular weight is 629 g/mol. The summed E-state index contributed by atoms with van der Waals surface area (Å²) in [6.45, 7) is 3.62. The van der Waals surface area contributed by atoms with E-state index in [1.54, 1.807) is 0 Å². The van der Waals surface area contributed by atoms with Crippen LogP contribution in [0.5, 0.6) is 0 Å². The lowest BCUT2D eigenvalue weighted by molar-refractivity contribution is -0.173. The van der Waals surface area contributed by atoms with E-state index in [4.69, 9.17) is 9.47 Å². The predicted molar refractivity (Wildman–Crippen MR) is 171 cm³/mol. The quantitative estimate of drug-likeness (QED) is 0.0549. The molecule has 1 saturated heterocycles. The molecule has 0 radical (unpaired) electrons. The molecule has 2 aliphatic rings. The summed E-state index contributed by atoms with van der Waals surface area (Å²) in [5, 5.41) is 61.8. The van der Waals surface area contributed by atoms with E-state index in [0.29, 0.717) is 50.5 Å². The summed E-state index contributed by atoms with van der Waals surface area (Å²) in [6.07, 6.45) is 16.8. The maximum absolute atomic E-state index is 11.7. The minimum atomic E-state index is -1.60. The van der Waals surface area contributed by atoms with E-state index in [1.165, 1.54) is 64.4 Å². The first-order chi connectivity index (χ1) is 21.0. The number of cyclic esters (lactones) is 1. The van der Waals surface area contributed by atoms with Gasteiger partial charge in [-0.3, -0.25) is 0 Å². The number of ether oxygens (including phenoxy) is 2. The van der Waals surface area contributed by atoms with Crippen molar-refractivity contribution in [1.82, 2.24) is 0 Å². The number of aliphatic hydroxyl groups is 6. The number of unbranched alkanes of at least 4 members (excludes halogenated alkanes) is 11. The van der Waals surface area contributed by atoms with Crippen LogP contribution in [0.25, 0.3) is 0 Å². The molecule has 3 unspecified atom stereocenters. The van der Waals surface area contributed by atoms with Crippen molar-refractivity contribution >= 4 is 5.97 Å². The topological polar surface area (TPSA) is 157 Å². The third kappa shape index (κ3) is 16.5. The second-order valence-electron chi connectivity index (χ2n) is 13.6. The molecule has 0 bridgehead atoms. The number of esters is 1. The fourth-order valence-corrected chi connectivity index (χ4v) is 6.46. The van der Waals surface area contributed by atoms with E-state index >= 15 is 0 Å². The zero-order valence-corrected chi connectivity index (χ0v) is 27.6. The van der Waals surface area contributed by atoms with Crippen LogP contribution in [0.3, 0.4) is 0 Å². The Balaban J connectivity index is 1.47. The molecule has 0 amide bonds. The van der Waals surface area contributed by atoms with Gasteiger partial charge in [0.25, 0.3) is 0 Å². The summed E-state index contributed by atoms with van der Waals surface area (Å²) in [5.74, 6) is -2.19. The fraction of sp³-hybridized carbons (Fsp3) is 0.914. The predicted octanol–water partition coefficient (Wildman–Crippen LogP) is 5.35. The van der Waals surface area contributed by atoms with Crippen LogP contribution in [0.4, 0.5) is 0 Å². The lowest BCUT2D eigenvalue weighted by atomic mass is 9.97. The number of hydrogen-bond donors (Lipinski definition) is 6. The summed E-state index contributed by atoms with van der Waals surface area (Å²) in [5.41, 5.74) is 0.297. The van der Waals surface area contributed by atoms with Crippen molar-refractivity contribution in [2.45, 2.75) is 204 Å². The molecule has 0 spiro atoms. The third-order valence-corrected chi connectivity index (χ3v) is 9.19. The van der Waals surface area contributed by atoms with Gasteiger partial charge in [0.1, 0.15) is 0 Å². The Morgan fingerprint density at radius 2 is 1.30 bits per heavy atom. The minimum Gasteiger partial charge on any atom is -0.426 e. The van der Waals surface area contributed by atoms with Crippen molar-refractivity contribution in [3.05, 3.63) is 11.6 Å². The molecule has 0 aromatic rings.